The monoisotopic (exact) mass is 221 g/mol. The Bertz CT molecular complexity index is 292. The van der Waals surface area contributed by atoms with Crippen molar-refractivity contribution in [3.05, 3.63) is 29.8 Å². The van der Waals surface area contributed by atoms with Gasteiger partial charge in [-0.25, -0.2) is 0 Å². The van der Waals surface area contributed by atoms with Crippen molar-refractivity contribution in [3.63, 3.8) is 0 Å². The van der Waals surface area contributed by atoms with E-state index in [1.54, 1.807) is 7.11 Å². The molecule has 0 heterocycles. The van der Waals surface area contributed by atoms with Gasteiger partial charge in [-0.3, -0.25) is 0 Å². The van der Waals surface area contributed by atoms with Crippen LogP contribution in [0.1, 0.15) is 44.7 Å². The lowest BCUT2D eigenvalue weighted by molar-refractivity contribution is 0.414. The SMILES string of the molecule is COc1ccc(C(N)CCCC(C)C)cc1. The van der Waals surface area contributed by atoms with E-state index in [0.29, 0.717) is 0 Å². The van der Waals surface area contributed by atoms with Gasteiger partial charge in [0.15, 0.2) is 0 Å². The van der Waals surface area contributed by atoms with Gasteiger partial charge in [-0.1, -0.05) is 38.8 Å². The molecule has 0 aliphatic rings. The smallest absolute Gasteiger partial charge is 0.118 e. The topological polar surface area (TPSA) is 35.2 Å². The second-order valence-electron chi connectivity index (χ2n) is 4.70. The highest BCUT2D eigenvalue weighted by Crippen LogP contribution is 2.20. The molecule has 0 aromatic heterocycles. The summed E-state index contributed by atoms with van der Waals surface area (Å²) in [5.74, 6) is 1.65. The van der Waals surface area contributed by atoms with Gasteiger partial charge >= 0.3 is 0 Å². The minimum Gasteiger partial charge on any atom is -0.497 e. The van der Waals surface area contributed by atoms with E-state index in [0.717, 1.165) is 18.1 Å². The van der Waals surface area contributed by atoms with Gasteiger partial charge in [0, 0.05) is 6.04 Å². The van der Waals surface area contributed by atoms with Crippen molar-refractivity contribution >= 4 is 0 Å². The van der Waals surface area contributed by atoms with Crippen molar-refractivity contribution in [2.24, 2.45) is 11.7 Å². The molecule has 1 aromatic carbocycles. The highest BCUT2D eigenvalue weighted by atomic mass is 16.5. The summed E-state index contributed by atoms with van der Waals surface area (Å²) in [6.45, 7) is 4.50. The zero-order valence-electron chi connectivity index (χ0n) is 10.6. The van der Waals surface area contributed by atoms with Gasteiger partial charge in [0.2, 0.25) is 0 Å². The molecule has 0 spiro atoms. The van der Waals surface area contributed by atoms with Crippen LogP contribution in [0.2, 0.25) is 0 Å². The number of hydrogen-bond donors (Lipinski definition) is 1. The lowest BCUT2D eigenvalue weighted by Crippen LogP contribution is -2.10. The maximum Gasteiger partial charge on any atom is 0.118 e. The van der Waals surface area contributed by atoms with E-state index >= 15 is 0 Å². The average molecular weight is 221 g/mol. The highest BCUT2D eigenvalue weighted by Gasteiger charge is 2.06. The Morgan fingerprint density at radius 1 is 1.12 bits per heavy atom. The summed E-state index contributed by atoms with van der Waals surface area (Å²) in [4.78, 5) is 0. The van der Waals surface area contributed by atoms with Crippen LogP contribution < -0.4 is 10.5 Å². The second-order valence-corrected chi connectivity index (χ2v) is 4.70. The average Bonchev–Trinajstić information content (AvgIpc) is 2.28. The fourth-order valence-electron chi connectivity index (χ4n) is 1.76. The lowest BCUT2D eigenvalue weighted by atomic mass is 9.99. The predicted molar refractivity (Wildman–Crippen MR) is 68.6 cm³/mol. The molecular formula is C14H23NO. The Morgan fingerprint density at radius 3 is 2.25 bits per heavy atom. The molecule has 0 saturated heterocycles. The molecule has 0 bridgehead atoms. The van der Waals surface area contributed by atoms with Gasteiger partial charge in [-0.2, -0.15) is 0 Å². The van der Waals surface area contributed by atoms with Crippen molar-refractivity contribution in [2.45, 2.75) is 39.2 Å². The Hall–Kier alpha value is -1.02. The number of ether oxygens (including phenoxy) is 1. The number of benzene rings is 1. The Kier molecular flexibility index (Phi) is 5.33. The van der Waals surface area contributed by atoms with Gasteiger partial charge in [0.25, 0.3) is 0 Å². The van der Waals surface area contributed by atoms with Crippen LogP contribution in [0.15, 0.2) is 24.3 Å². The lowest BCUT2D eigenvalue weighted by Gasteiger charge is -2.13. The predicted octanol–water partition coefficient (Wildman–Crippen LogP) is 3.52. The molecule has 0 aliphatic heterocycles. The Labute approximate surface area is 98.8 Å². The van der Waals surface area contributed by atoms with E-state index in [4.69, 9.17) is 10.5 Å². The normalized spacial score (nSPS) is 12.8. The van der Waals surface area contributed by atoms with Crippen LogP contribution >= 0.6 is 0 Å². The highest BCUT2D eigenvalue weighted by molar-refractivity contribution is 5.28. The molecule has 0 saturated carbocycles. The van der Waals surface area contributed by atoms with E-state index in [1.807, 2.05) is 12.1 Å². The van der Waals surface area contributed by atoms with Crippen LogP contribution in [0.4, 0.5) is 0 Å². The minimum atomic E-state index is 0.157. The number of nitrogens with two attached hydrogens (primary N) is 1. The van der Waals surface area contributed by atoms with Crippen LogP contribution in [-0.2, 0) is 0 Å². The van der Waals surface area contributed by atoms with E-state index in [1.165, 1.54) is 18.4 Å². The van der Waals surface area contributed by atoms with Crippen molar-refractivity contribution < 1.29 is 4.74 Å². The molecule has 1 unspecified atom stereocenters. The molecule has 2 nitrogen and oxygen atoms in total. The molecule has 16 heavy (non-hydrogen) atoms. The summed E-state index contributed by atoms with van der Waals surface area (Å²) >= 11 is 0. The van der Waals surface area contributed by atoms with Crippen LogP contribution in [0.5, 0.6) is 5.75 Å². The van der Waals surface area contributed by atoms with Crippen LogP contribution in [-0.4, -0.2) is 7.11 Å². The van der Waals surface area contributed by atoms with Crippen LogP contribution in [0.3, 0.4) is 0 Å². The summed E-state index contributed by atoms with van der Waals surface area (Å²) in [7, 11) is 1.68. The molecule has 1 aromatic rings. The van der Waals surface area contributed by atoms with E-state index < -0.39 is 0 Å². The van der Waals surface area contributed by atoms with Crippen molar-refractivity contribution in [3.8, 4) is 5.75 Å². The first-order chi connectivity index (χ1) is 7.63. The molecular weight excluding hydrogens is 198 g/mol. The zero-order chi connectivity index (χ0) is 12.0. The summed E-state index contributed by atoms with van der Waals surface area (Å²) in [6.07, 6.45) is 3.51. The molecule has 90 valence electrons. The summed E-state index contributed by atoms with van der Waals surface area (Å²) in [6, 6.07) is 8.21. The summed E-state index contributed by atoms with van der Waals surface area (Å²) < 4.78 is 5.12. The number of rotatable bonds is 6. The number of methoxy groups -OCH3 is 1. The van der Waals surface area contributed by atoms with Crippen molar-refractivity contribution in [1.82, 2.24) is 0 Å². The van der Waals surface area contributed by atoms with Crippen LogP contribution in [0, 0.1) is 5.92 Å². The van der Waals surface area contributed by atoms with Gasteiger partial charge in [0.1, 0.15) is 5.75 Å². The Morgan fingerprint density at radius 2 is 1.75 bits per heavy atom. The molecule has 2 heteroatoms. The Balaban J connectivity index is 2.43. The third kappa shape index (κ3) is 4.23. The van der Waals surface area contributed by atoms with Gasteiger partial charge in [-0.05, 0) is 30.0 Å². The molecule has 2 N–H and O–H groups in total. The first-order valence-electron chi connectivity index (χ1n) is 6.03. The maximum absolute atomic E-state index is 6.13. The third-order valence-corrected chi connectivity index (χ3v) is 2.84. The molecule has 1 atom stereocenters. The van der Waals surface area contributed by atoms with Crippen LogP contribution in [0.25, 0.3) is 0 Å². The molecule has 0 radical (unpaired) electrons. The van der Waals surface area contributed by atoms with Gasteiger partial charge < -0.3 is 10.5 Å². The molecule has 0 aliphatic carbocycles. The van der Waals surface area contributed by atoms with E-state index in [-0.39, 0.29) is 6.04 Å². The van der Waals surface area contributed by atoms with Crippen molar-refractivity contribution in [2.75, 3.05) is 7.11 Å². The maximum atomic E-state index is 6.13. The molecule has 0 fully saturated rings. The van der Waals surface area contributed by atoms with Crippen molar-refractivity contribution in [1.29, 1.82) is 0 Å². The quantitative estimate of drug-likeness (QED) is 0.797. The van der Waals surface area contributed by atoms with E-state index in [2.05, 4.69) is 26.0 Å². The fraction of sp³-hybridized carbons (Fsp3) is 0.571. The fourth-order valence-corrected chi connectivity index (χ4v) is 1.76. The molecule has 0 amide bonds. The van der Waals surface area contributed by atoms with E-state index in [9.17, 15) is 0 Å². The first kappa shape index (κ1) is 13.0. The first-order valence-corrected chi connectivity index (χ1v) is 6.03. The van der Waals surface area contributed by atoms with Gasteiger partial charge in [0.05, 0.1) is 7.11 Å². The summed E-state index contributed by atoms with van der Waals surface area (Å²) in [5, 5.41) is 0. The number of hydrogen-bond acceptors (Lipinski definition) is 2. The van der Waals surface area contributed by atoms with Gasteiger partial charge in [-0.15, -0.1) is 0 Å². The third-order valence-electron chi connectivity index (χ3n) is 2.84. The summed E-state index contributed by atoms with van der Waals surface area (Å²) in [5.41, 5.74) is 7.33. The molecule has 1 rings (SSSR count). The zero-order valence-corrected chi connectivity index (χ0v) is 10.6. The standard InChI is InChI=1S/C14H23NO/c1-11(2)5-4-6-14(15)12-7-9-13(16-3)10-8-12/h7-11,14H,4-6,15H2,1-3H3. The minimum absolute atomic E-state index is 0.157. The largest absolute Gasteiger partial charge is 0.497 e. The second kappa shape index (κ2) is 6.54.